The maximum atomic E-state index is 13.2. The summed E-state index contributed by atoms with van der Waals surface area (Å²) in [4.78, 5) is 24.5. The van der Waals surface area contributed by atoms with Gasteiger partial charge < -0.3 is 19.2 Å². The number of methoxy groups -OCH3 is 1. The van der Waals surface area contributed by atoms with Crippen LogP contribution in [-0.2, 0) is 26.1 Å². The van der Waals surface area contributed by atoms with Crippen LogP contribution in [0.15, 0.2) is 76.2 Å². The summed E-state index contributed by atoms with van der Waals surface area (Å²) in [6.07, 6.45) is 1.49. The summed E-state index contributed by atoms with van der Waals surface area (Å²) < 4.78 is 43.1. The molecule has 2 aromatic carbocycles. The molecule has 1 aromatic heterocycles. The Balaban J connectivity index is 1.71. The maximum absolute atomic E-state index is 13.2. The van der Waals surface area contributed by atoms with E-state index in [0.29, 0.717) is 5.76 Å². The van der Waals surface area contributed by atoms with Crippen molar-refractivity contribution in [1.29, 1.82) is 0 Å². The van der Waals surface area contributed by atoms with Crippen LogP contribution >= 0.6 is 0 Å². The molecule has 10 heteroatoms. The standard InChI is InChI=1S/C24H26N2O7S/c1-17(20-10-7-13-32-20)25-23(27)16-33-24(28)19-11-12-21(31-3)22(14-19)34(29,30)26(2)15-18-8-5-4-6-9-18/h4-14,17H,15-16H2,1-3H3,(H,25,27). The summed E-state index contributed by atoms with van der Waals surface area (Å²) in [6, 6.07) is 16.0. The lowest BCUT2D eigenvalue weighted by molar-refractivity contribution is -0.125. The topological polar surface area (TPSA) is 115 Å². The van der Waals surface area contributed by atoms with E-state index >= 15 is 0 Å². The lowest BCUT2D eigenvalue weighted by Crippen LogP contribution is -2.31. The van der Waals surface area contributed by atoms with Crippen molar-refractivity contribution in [3.63, 3.8) is 0 Å². The highest BCUT2D eigenvalue weighted by Crippen LogP contribution is 2.28. The van der Waals surface area contributed by atoms with E-state index in [9.17, 15) is 18.0 Å². The van der Waals surface area contributed by atoms with Crippen molar-refractivity contribution in [3.05, 3.63) is 83.8 Å². The predicted octanol–water partition coefficient (Wildman–Crippen LogP) is 3.14. The van der Waals surface area contributed by atoms with Crippen LogP contribution in [0.25, 0.3) is 0 Å². The van der Waals surface area contributed by atoms with E-state index in [2.05, 4.69) is 5.32 Å². The van der Waals surface area contributed by atoms with Gasteiger partial charge in [0.05, 0.1) is 25.0 Å². The smallest absolute Gasteiger partial charge is 0.338 e. The van der Waals surface area contributed by atoms with Crippen molar-refractivity contribution in [2.45, 2.75) is 24.4 Å². The third-order valence-electron chi connectivity index (χ3n) is 5.02. The minimum Gasteiger partial charge on any atom is -0.495 e. The lowest BCUT2D eigenvalue weighted by Gasteiger charge is -2.19. The number of sulfonamides is 1. The van der Waals surface area contributed by atoms with Crippen molar-refractivity contribution in [2.24, 2.45) is 0 Å². The van der Waals surface area contributed by atoms with E-state index < -0.39 is 34.5 Å². The summed E-state index contributed by atoms with van der Waals surface area (Å²) in [5.41, 5.74) is 0.775. The highest BCUT2D eigenvalue weighted by atomic mass is 32.2. The third kappa shape index (κ3) is 6.03. The first-order valence-corrected chi connectivity index (χ1v) is 11.8. The SMILES string of the molecule is COc1ccc(C(=O)OCC(=O)NC(C)c2ccco2)cc1S(=O)(=O)N(C)Cc1ccccc1. The first kappa shape index (κ1) is 25.0. The van der Waals surface area contributed by atoms with E-state index in [1.165, 1.54) is 42.9 Å². The molecule has 0 spiro atoms. The molecule has 1 unspecified atom stereocenters. The van der Waals surface area contributed by atoms with Crippen molar-refractivity contribution >= 4 is 21.9 Å². The molecule has 0 aliphatic heterocycles. The van der Waals surface area contributed by atoms with Crippen molar-refractivity contribution in [1.82, 2.24) is 9.62 Å². The molecular formula is C24H26N2O7S. The first-order valence-electron chi connectivity index (χ1n) is 10.4. The number of nitrogens with one attached hydrogen (secondary N) is 1. The monoisotopic (exact) mass is 486 g/mol. The molecule has 1 atom stereocenters. The number of nitrogens with zero attached hydrogens (tertiary/aromatic N) is 1. The van der Waals surface area contributed by atoms with Gasteiger partial charge in [-0.3, -0.25) is 4.79 Å². The van der Waals surface area contributed by atoms with E-state index in [1.807, 2.05) is 30.3 Å². The van der Waals surface area contributed by atoms with E-state index in [-0.39, 0.29) is 22.8 Å². The number of benzene rings is 2. The molecule has 1 N–H and O–H groups in total. The summed E-state index contributed by atoms with van der Waals surface area (Å²) in [7, 11) is -1.21. The number of amides is 1. The molecule has 3 rings (SSSR count). The fourth-order valence-electron chi connectivity index (χ4n) is 3.21. The Morgan fingerprint density at radius 1 is 1.09 bits per heavy atom. The van der Waals surface area contributed by atoms with Gasteiger partial charge in [0.25, 0.3) is 5.91 Å². The van der Waals surface area contributed by atoms with Gasteiger partial charge in [-0.25, -0.2) is 13.2 Å². The van der Waals surface area contributed by atoms with Crippen LogP contribution < -0.4 is 10.1 Å². The fraction of sp³-hybridized carbons (Fsp3) is 0.250. The van der Waals surface area contributed by atoms with Gasteiger partial charge in [0.15, 0.2) is 6.61 Å². The summed E-state index contributed by atoms with van der Waals surface area (Å²) in [5, 5.41) is 2.65. The number of esters is 1. The normalized spacial score (nSPS) is 12.2. The number of hydrogen-bond acceptors (Lipinski definition) is 7. The molecule has 9 nitrogen and oxygen atoms in total. The van der Waals surface area contributed by atoms with Gasteiger partial charge in [0.1, 0.15) is 16.4 Å². The number of furan rings is 1. The number of carbonyl (C=O) groups is 2. The molecule has 0 fully saturated rings. The van der Waals surface area contributed by atoms with Crippen LogP contribution in [0, 0.1) is 0 Å². The highest BCUT2D eigenvalue weighted by molar-refractivity contribution is 7.89. The van der Waals surface area contributed by atoms with Gasteiger partial charge in [0.2, 0.25) is 10.0 Å². The van der Waals surface area contributed by atoms with E-state index in [4.69, 9.17) is 13.9 Å². The van der Waals surface area contributed by atoms with Crippen LogP contribution in [0.4, 0.5) is 0 Å². The second-order valence-corrected chi connectivity index (χ2v) is 9.51. The first-order chi connectivity index (χ1) is 16.2. The van der Waals surface area contributed by atoms with Gasteiger partial charge in [-0.05, 0) is 42.8 Å². The number of carbonyl (C=O) groups excluding carboxylic acids is 2. The molecule has 0 radical (unpaired) electrons. The molecular weight excluding hydrogens is 460 g/mol. The molecule has 0 bridgehead atoms. The molecule has 180 valence electrons. The largest absolute Gasteiger partial charge is 0.495 e. The average Bonchev–Trinajstić information content (AvgIpc) is 3.38. The molecule has 3 aromatic rings. The summed E-state index contributed by atoms with van der Waals surface area (Å²) >= 11 is 0. The molecule has 0 saturated heterocycles. The van der Waals surface area contributed by atoms with Crippen LogP contribution in [0.2, 0.25) is 0 Å². The minimum absolute atomic E-state index is 0.0284. The van der Waals surface area contributed by atoms with Crippen molar-refractivity contribution < 1.29 is 31.9 Å². The van der Waals surface area contributed by atoms with Gasteiger partial charge in [0, 0.05) is 13.6 Å². The Labute approximate surface area is 198 Å². The number of rotatable bonds is 10. The molecule has 1 heterocycles. The number of hydrogen-bond donors (Lipinski definition) is 1. The van der Waals surface area contributed by atoms with Gasteiger partial charge in [-0.2, -0.15) is 4.31 Å². The van der Waals surface area contributed by atoms with Crippen LogP contribution in [0.5, 0.6) is 5.75 Å². The van der Waals surface area contributed by atoms with Crippen LogP contribution in [0.1, 0.15) is 34.6 Å². The Bertz CT molecular complexity index is 1230. The Hall–Kier alpha value is -3.63. The molecule has 0 aliphatic carbocycles. The molecule has 34 heavy (non-hydrogen) atoms. The summed E-state index contributed by atoms with van der Waals surface area (Å²) in [6.45, 7) is 1.33. The minimum atomic E-state index is -4.00. The zero-order valence-electron chi connectivity index (χ0n) is 19.1. The van der Waals surface area contributed by atoms with E-state index in [0.717, 1.165) is 5.56 Å². The number of ether oxygens (including phenoxy) is 2. The average molecular weight is 487 g/mol. The quantitative estimate of drug-likeness (QED) is 0.438. The zero-order valence-corrected chi connectivity index (χ0v) is 19.9. The highest BCUT2D eigenvalue weighted by Gasteiger charge is 2.27. The zero-order chi connectivity index (χ0) is 24.7. The van der Waals surface area contributed by atoms with E-state index in [1.54, 1.807) is 19.1 Å². The fourth-order valence-corrected chi connectivity index (χ4v) is 4.54. The van der Waals surface area contributed by atoms with Gasteiger partial charge in [-0.15, -0.1) is 0 Å². The van der Waals surface area contributed by atoms with Crippen molar-refractivity contribution in [2.75, 3.05) is 20.8 Å². The van der Waals surface area contributed by atoms with Crippen LogP contribution in [-0.4, -0.2) is 45.4 Å². The van der Waals surface area contributed by atoms with Crippen molar-refractivity contribution in [3.8, 4) is 5.75 Å². The second kappa shape index (κ2) is 11.0. The Morgan fingerprint density at radius 2 is 1.82 bits per heavy atom. The maximum Gasteiger partial charge on any atom is 0.338 e. The molecule has 0 saturated carbocycles. The predicted molar refractivity (Wildman–Crippen MR) is 124 cm³/mol. The summed E-state index contributed by atoms with van der Waals surface area (Å²) in [5.74, 6) is -0.724. The Morgan fingerprint density at radius 3 is 2.47 bits per heavy atom. The van der Waals surface area contributed by atoms with Crippen LogP contribution in [0.3, 0.4) is 0 Å². The lowest BCUT2D eigenvalue weighted by atomic mass is 10.2. The Kier molecular flexibility index (Phi) is 8.08. The molecule has 0 aliphatic rings. The molecule has 1 amide bonds. The second-order valence-electron chi connectivity index (χ2n) is 7.49. The third-order valence-corrected chi connectivity index (χ3v) is 6.84. The van der Waals surface area contributed by atoms with Gasteiger partial charge in [-0.1, -0.05) is 30.3 Å². The van der Waals surface area contributed by atoms with Gasteiger partial charge >= 0.3 is 5.97 Å².